The highest BCUT2D eigenvalue weighted by atomic mass is 32.2. The van der Waals surface area contributed by atoms with E-state index in [1.165, 1.54) is 0 Å². The molecule has 0 heterocycles. The van der Waals surface area contributed by atoms with Crippen LogP contribution in [0.25, 0.3) is 0 Å². The van der Waals surface area contributed by atoms with Gasteiger partial charge in [-0.3, -0.25) is 0 Å². The van der Waals surface area contributed by atoms with Crippen LogP contribution in [-0.2, 0) is 10.0 Å². The lowest BCUT2D eigenvalue weighted by Gasteiger charge is -2.27. The third kappa shape index (κ3) is 4.85. The molecule has 0 aliphatic carbocycles. The first-order valence-electron chi connectivity index (χ1n) is 6.90. The Morgan fingerprint density at radius 3 is 2.43 bits per heavy atom. The molecule has 0 fully saturated rings. The standard InChI is InChI=1S/C16H24N2O2S/c1-12-11-15(9-8-14(12)7-6-10-17)21(19,20)18-13(2)16(3,4)5/h8-9,11,13,18H,10,17H2,1-5H3. The van der Waals surface area contributed by atoms with Gasteiger partial charge in [0.25, 0.3) is 0 Å². The van der Waals surface area contributed by atoms with E-state index in [1.54, 1.807) is 18.2 Å². The maximum atomic E-state index is 12.4. The van der Waals surface area contributed by atoms with E-state index in [1.807, 2.05) is 34.6 Å². The Bertz CT molecular complexity index is 662. The van der Waals surface area contributed by atoms with Crippen LogP contribution in [0.5, 0.6) is 0 Å². The van der Waals surface area contributed by atoms with Crippen molar-refractivity contribution in [1.82, 2.24) is 4.72 Å². The molecule has 4 nitrogen and oxygen atoms in total. The van der Waals surface area contributed by atoms with Gasteiger partial charge in [0.05, 0.1) is 11.4 Å². The maximum absolute atomic E-state index is 12.4. The van der Waals surface area contributed by atoms with E-state index in [0.29, 0.717) is 0 Å². The molecular weight excluding hydrogens is 284 g/mol. The highest BCUT2D eigenvalue weighted by molar-refractivity contribution is 7.89. The molecule has 0 saturated heterocycles. The molecule has 1 unspecified atom stereocenters. The molecule has 0 aliphatic heterocycles. The first kappa shape index (κ1) is 17.7. The van der Waals surface area contributed by atoms with Crippen molar-refractivity contribution in [3.8, 4) is 11.8 Å². The summed E-state index contributed by atoms with van der Waals surface area (Å²) in [6.07, 6.45) is 0. The molecule has 3 N–H and O–H groups in total. The first-order chi connectivity index (χ1) is 9.58. The normalized spacial score (nSPS) is 13.4. The Labute approximate surface area is 128 Å². The Morgan fingerprint density at radius 1 is 1.33 bits per heavy atom. The molecule has 0 aliphatic rings. The number of rotatable bonds is 3. The fourth-order valence-corrected chi connectivity index (χ4v) is 3.10. The summed E-state index contributed by atoms with van der Waals surface area (Å²) >= 11 is 0. The molecule has 0 radical (unpaired) electrons. The summed E-state index contributed by atoms with van der Waals surface area (Å²) in [5.41, 5.74) is 6.81. The zero-order chi connectivity index (χ0) is 16.3. The van der Waals surface area contributed by atoms with E-state index in [0.717, 1.165) is 11.1 Å². The molecule has 1 atom stereocenters. The molecule has 0 saturated carbocycles. The fourth-order valence-electron chi connectivity index (χ4n) is 1.57. The number of sulfonamides is 1. The SMILES string of the molecule is Cc1cc(S(=O)(=O)NC(C)C(C)(C)C)ccc1C#CCN. The summed E-state index contributed by atoms with van der Waals surface area (Å²) in [6.45, 7) is 9.98. The third-order valence-corrected chi connectivity index (χ3v) is 5.00. The molecular formula is C16H24N2O2S. The summed E-state index contributed by atoms with van der Waals surface area (Å²) in [4.78, 5) is 0.259. The Hall–Kier alpha value is -1.35. The summed E-state index contributed by atoms with van der Waals surface area (Å²) in [5, 5.41) is 0. The third-order valence-electron chi connectivity index (χ3n) is 3.46. The number of hydrogen-bond acceptors (Lipinski definition) is 3. The van der Waals surface area contributed by atoms with Crippen LogP contribution < -0.4 is 10.5 Å². The lowest BCUT2D eigenvalue weighted by Crippen LogP contribution is -2.41. The lowest BCUT2D eigenvalue weighted by atomic mass is 9.89. The molecule has 1 aromatic rings. The average Bonchev–Trinajstić information content (AvgIpc) is 2.35. The molecule has 21 heavy (non-hydrogen) atoms. The monoisotopic (exact) mass is 308 g/mol. The number of nitrogens with one attached hydrogen (secondary N) is 1. The van der Waals surface area contributed by atoms with Crippen molar-refractivity contribution in [3.63, 3.8) is 0 Å². The quantitative estimate of drug-likeness (QED) is 0.839. The second-order valence-electron chi connectivity index (χ2n) is 6.19. The number of aryl methyl sites for hydroxylation is 1. The highest BCUT2D eigenvalue weighted by Gasteiger charge is 2.26. The minimum absolute atomic E-state index is 0.144. The van der Waals surface area contributed by atoms with Gasteiger partial charge in [0.2, 0.25) is 10.0 Å². The van der Waals surface area contributed by atoms with Crippen LogP contribution in [0.1, 0.15) is 38.8 Å². The van der Waals surface area contributed by atoms with Crippen LogP contribution in [0.4, 0.5) is 0 Å². The van der Waals surface area contributed by atoms with Crippen molar-refractivity contribution in [2.75, 3.05) is 6.54 Å². The van der Waals surface area contributed by atoms with Gasteiger partial charge in [0.15, 0.2) is 0 Å². The molecule has 0 aromatic heterocycles. The van der Waals surface area contributed by atoms with Crippen LogP contribution >= 0.6 is 0 Å². The molecule has 0 amide bonds. The summed E-state index contributed by atoms with van der Waals surface area (Å²) in [6, 6.07) is 4.76. The predicted molar refractivity (Wildman–Crippen MR) is 86.3 cm³/mol. The van der Waals surface area contributed by atoms with Gasteiger partial charge in [0.1, 0.15) is 0 Å². The van der Waals surface area contributed by atoms with Gasteiger partial charge < -0.3 is 5.73 Å². The van der Waals surface area contributed by atoms with E-state index < -0.39 is 10.0 Å². The summed E-state index contributed by atoms with van der Waals surface area (Å²) < 4.78 is 27.5. The maximum Gasteiger partial charge on any atom is 0.240 e. The second kappa shape index (κ2) is 6.61. The molecule has 1 rings (SSSR count). The van der Waals surface area contributed by atoms with Crippen LogP contribution in [0.2, 0.25) is 0 Å². The van der Waals surface area contributed by atoms with Crippen molar-refractivity contribution in [3.05, 3.63) is 29.3 Å². The molecule has 5 heteroatoms. The zero-order valence-corrected chi connectivity index (χ0v) is 14.1. The van der Waals surface area contributed by atoms with E-state index in [4.69, 9.17) is 5.73 Å². The van der Waals surface area contributed by atoms with Gasteiger partial charge in [-0.05, 0) is 43.0 Å². The van der Waals surface area contributed by atoms with Gasteiger partial charge in [-0.15, -0.1) is 0 Å². The molecule has 0 spiro atoms. The van der Waals surface area contributed by atoms with Gasteiger partial charge in [-0.1, -0.05) is 32.6 Å². The smallest absolute Gasteiger partial charge is 0.240 e. The molecule has 1 aromatic carbocycles. The van der Waals surface area contributed by atoms with E-state index in [2.05, 4.69) is 16.6 Å². The molecule has 116 valence electrons. The van der Waals surface area contributed by atoms with Crippen molar-refractivity contribution in [1.29, 1.82) is 0 Å². The van der Waals surface area contributed by atoms with E-state index >= 15 is 0 Å². The minimum atomic E-state index is -3.53. The Morgan fingerprint density at radius 2 is 1.95 bits per heavy atom. The summed E-state index contributed by atoms with van der Waals surface area (Å²) in [5.74, 6) is 5.69. The van der Waals surface area contributed by atoms with Crippen molar-refractivity contribution < 1.29 is 8.42 Å². The number of hydrogen-bond donors (Lipinski definition) is 2. The van der Waals surface area contributed by atoms with Crippen LogP contribution in [-0.4, -0.2) is 21.0 Å². The minimum Gasteiger partial charge on any atom is -0.320 e. The van der Waals surface area contributed by atoms with E-state index in [9.17, 15) is 8.42 Å². The largest absolute Gasteiger partial charge is 0.320 e. The van der Waals surface area contributed by atoms with Gasteiger partial charge >= 0.3 is 0 Å². The predicted octanol–water partition coefficient (Wildman–Crippen LogP) is 2.02. The van der Waals surface area contributed by atoms with Crippen LogP contribution in [0.15, 0.2) is 23.1 Å². The first-order valence-corrected chi connectivity index (χ1v) is 8.38. The average molecular weight is 308 g/mol. The lowest BCUT2D eigenvalue weighted by molar-refractivity contribution is 0.317. The Kier molecular flexibility index (Phi) is 5.57. The number of benzene rings is 1. The number of nitrogens with two attached hydrogens (primary N) is 1. The second-order valence-corrected chi connectivity index (χ2v) is 7.91. The van der Waals surface area contributed by atoms with Gasteiger partial charge in [-0.25, -0.2) is 13.1 Å². The topological polar surface area (TPSA) is 72.2 Å². The van der Waals surface area contributed by atoms with Crippen LogP contribution in [0.3, 0.4) is 0 Å². The molecule has 0 bridgehead atoms. The fraction of sp³-hybridized carbons (Fsp3) is 0.500. The highest BCUT2D eigenvalue weighted by Crippen LogP contribution is 2.22. The van der Waals surface area contributed by atoms with Gasteiger partial charge in [0, 0.05) is 11.6 Å². The van der Waals surface area contributed by atoms with Crippen molar-refractivity contribution in [2.24, 2.45) is 11.1 Å². The van der Waals surface area contributed by atoms with E-state index in [-0.39, 0.29) is 22.9 Å². The Balaban J connectivity index is 3.08. The van der Waals surface area contributed by atoms with Crippen molar-refractivity contribution >= 4 is 10.0 Å². The van der Waals surface area contributed by atoms with Crippen LogP contribution in [0, 0.1) is 24.2 Å². The van der Waals surface area contributed by atoms with Gasteiger partial charge in [-0.2, -0.15) is 0 Å². The van der Waals surface area contributed by atoms with Crippen molar-refractivity contribution in [2.45, 2.75) is 45.6 Å². The summed E-state index contributed by atoms with van der Waals surface area (Å²) in [7, 11) is -3.53. The zero-order valence-electron chi connectivity index (χ0n) is 13.3.